The first-order chi connectivity index (χ1) is 9.74. The molecular formula is C13H19N5O2. The van der Waals surface area contributed by atoms with Gasteiger partial charge in [0.15, 0.2) is 0 Å². The Morgan fingerprint density at radius 3 is 2.65 bits per heavy atom. The molecule has 7 nitrogen and oxygen atoms in total. The molecule has 2 heterocycles. The molecule has 1 N–H and O–H groups in total. The minimum atomic E-state index is -0.462. The van der Waals surface area contributed by atoms with Gasteiger partial charge in [0.25, 0.3) is 0 Å². The van der Waals surface area contributed by atoms with Crippen molar-refractivity contribution in [2.45, 2.75) is 31.7 Å². The van der Waals surface area contributed by atoms with Crippen LogP contribution in [0.2, 0.25) is 0 Å². The molecular weight excluding hydrogens is 258 g/mol. The third-order valence-electron chi connectivity index (χ3n) is 3.93. The number of hydrogen-bond acceptors (Lipinski definition) is 6. The van der Waals surface area contributed by atoms with E-state index in [4.69, 9.17) is 0 Å². The number of anilines is 1. The Kier molecular flexibility index (Phi) is 3.77. The summed E-state index contributed by atoms with van der Waals surface area (Å²) >= 11 is 0. The van der Waals surface area contributed by atoms with E-state index in [2.05, 4.69) is 20.2 Å². The van der Waals surface area contributed by atoms with Crippen LogP contribution in [0.15, 0.2) is 12.4 Å². The Hall–Kier alpha value is -1.76. The summed E-state index contributed by atoms with van der Waals surface area (Å²) in [6, 6.07) is 0.512. The molecule has 0 bridgehead atoms. The van der Waals surface area contributed by atoms with Gasteiger partial charge in [0.2, 0.25) is 5.95 Å². The zero-order chi connectivity index (χ0) is 13.9. The van der Waals surface area contributed by atoms with Crippen molar-refractivity contribution in [2.75, 3.05) is 24.5 Å². The van der Waals surface area contributed by atoms with E-state index in [1.807, 2.05) is 0 Å². The summed E-state index contributed by atoms with van der Waals surface area (Å²) in [5, 5.41) is 14.1. The van der Waals surface area contributed by atoms with Crippen molar-refractivity contribution < 1.29 is 4.92 Å². The van der Waals surface area contributed by atoms with Gasteiger partial charge >= 0.3 is 5.69 Å². The van der Waals surface area contributed by atoms with Gasteiger partial charge in [-0.2, -0.15) is 0 Å². The summed E-state index contributed by atoms with van der Waals surface area (Å²) in [6.07, 6.45) is 7.38. The summed E-state index contributed by atoms with van der Waals surface area (Å²) in [6.45, 7) is 3.08. The molecule has 1 aromatic rings. The largest absolute Gasteiger partial charge is 0.338 e. The Morgan fingerprint density at radius 1 is 1.35 bits per heavy atom. The zero-order valence-electron chi connectivity index (χ0n) is 11.4. The monoisotopic (exact) mass is 277 g/mol. The lowest BCUT2D eigenvalue weighted by Crippen LogP contribution is -2.40. The van der Waals surface area contributed by atoms with Crippen LogP contribution in [0.5, 0.6) is 0 Å². The van der Waals surface area contributed by atoms with Crippen LogP contribution < -0.4 is 10.2 Å². The topological polar surface area (TPSA) is 84.2 Å². The second-order valence-corrected chi connectivity index (χ2v) is 5.59. The standard InChI is InChI=1S/C13H19N5O2/c19-18(20)12-7-15-13(16-8-12)17(11-3-4-11)9-10-2-1-5-14-6-10/h7-8,10-11,14H,1-6,9H2. The maximum absolute atomic E-state index is 10.6. The molecule has 7 heteroatoms. The van der Waals surface area contributed by atoms with Gasteiger partial charge in [-0.15, -0.1) is 0 Å². The SMILES string of the molecule is O=[N+]([O-])c1cnc(N(CC2CCCNC2)C2CC2)nc1. The second kappa shape index (κ2) is 5.70. The molecule has 1 aliphatic heterocycles. The first-order valence-corrected chi connectivity index (χ1v) is 7.18. The molecule has 3 rings (SSSR count). The Labute approximate surface area is 117 Å². The van der Waals surface area contributed by atoms with E-state index in [0.29, 0.717) is 17.9 Å². The smallest absolute Gasteiger partial charge is 0.305 e. The number of piperidine rings is 1. The Balaban J connectivity index is 1.71. The quantitative estimate of drug-likeness (QED) is 0.646. The highest BCUT2D eigenvalue weighted by molar-refractivity contribution is 5.37. The van der Waals surface area contributed by atoms with Crippen LogP contribution in [-0.2, 0) is 0 Å². The molecule has 1 aromatic heterocycles. The number of nitrogens with one attached hydrogen (secondary N) is 1. The summed E-state index contributed by atoms with van der Waals surface area (Å²) in [4.78, 5) is 20.8. The second-order valence-electron chi connectivity index (χ2n) is 5.59. The average Bonchev–Trinajstić information content (AvgIpc) is 3.30. The van der Waals surface area contributed by atoms with E-state index in [1.54, 1.807) is 0 Å². The van der Waals surface area contributed by atoms with Crippen molar-refractivity contribution in [2.24, 2.45) is 5.92 Å². The van der Waals surface area contributed by atoms with E-state index in [9.17, 15) is 10.1 Å². The molecule has 1 saturated carbocycles. The van der Waals surface area contributed by atoms with Crippen LogP contribution in [0.3, 0.4) is 0 Å². The zero-order valence-corrected chi connectivity index (χ0v) is 11.4. The molecule has 0 aromatic carbocycles. The van der Waals surface area contributed by atoms with Crippen LogP contribution in [0.25, 0.3) is 0 Å². The van der Waals surface area contributed by atoms with Gasteiger partial charge in [-0.25, -0.2) is 9.97 Å². The maximum atomic E-state index is 10.6. The van der Waals surface area contributed by atoms with E-state index >= 15 is 0 Å². The lowest BCUT2D eigenvalue weighted by Gasteiger charge is -2.30. The van der Waals surface area contributed by atoms with Crippen molar-refractivity contribution >= 4 is 11.6 Å². The lowest BCUT2D eigenvalue weighted by atomic mass is 9.99. The molecule has 2 fully saturated rings. The molecule has 1 atom stereocenters. The van der Waals surface area contributed by atoms with E-state index in [-0.39, 0.29) is 5.69 Å². The predicted molar refractivity (Wildman–Crippen MR) is 74.6 cm³/mol. The lowest BCUT2D eigenvalue weighted by molar-refractivity contribution is -0.385. The highest BCUT2D eigenvalue weighted by Crippen LogP contribution is 2.31. The minimum absolute atomic E-state index is 0.0520. The van der Waals surface area contributed by atoms with Gasteiger partial charge in [0.1, 0.15) is 12.4 Å². The van der Waals surface area contributed by atoms with Crippen molar-refractivity contribution in [1.82, 2.24) is 15.3 Å². The summed E-state index contributed by atoms with van der Waals surface area (Å²) < 4.78 is 0. The maximum Gasteiger partial charge on any atom is 0.305 e. The fourth-order valence-corrected chi connectivity index (χ4v) is 2.70. The molecule has 0 spiro atoms. The molecule has 1 saturated heterocycles. The van der Waals surface area contributed by atoms with Gasteiger partial charge in [0.05, 0.1) is 4.92 Å². The third kappa shape index (κ3) is 3.04. The molecule has 2 aliphatic rings. The van der Waals surface area contributed by atoms with Gasteiger partial charge in [-0.1, -0.05) is 0 Å². The van der Waals surface area contributed by atoms with Crippen LogP contribution in [0.1, 0.15) is 25.7 Å². The van der Waals surface area contributed by atoms with E-state index < -0.39 is 4.92 Å². The van der Waals surface area contributed by atoms with Crippen molar-refractivity contribution in [3.8, 4) is 0 Å². The fraction of sp³-hybridized carbons (Fsp3) is 0.692. The van der Waals surface area contributed by atoms with Crippen LogP contribution >= 0.6 is 0 Å². The minimum Gasteiger partial charge on any atom is -0.338 e. The van der Waals surface area contributed by atoms with Crippen molar-refractivity contribution in [3.05, 3.63) is 22.5 Å². The summed E-state index contributed by atoms with van der Waals surface area (Å²) in [7, 11) is 0. The van der Waals surface area contributed by atoms with Crippen LogP contribution in [0.4, 0.5) is 11.6 Å². The molecule has 108 valence electrons. The summed E-state index contributed by atoms with van der Waals surface area (Å²) in [5.74, 6) is 1.24. The van der Waals surface area contributed by atoms with Crippen molar-refractivity contribution in [3.63, 3.8) is 0 Å². The summed E-state index contributed by atoms with van der Waals surface area (Å²) in [5.41, 5.74) is -0.0520. The fourth-order valence-electron chi connectivity index (χ4n) is 2.70. The van der Waals surface area contributed by atoms with Gasteiger partial charge in [-0.3, -0.25) is 10.1 Å². The number of nitro groups is 1. The van der Waals surface area contributed by atoms with Gasteiger partial charge in [0, 0.05) is 12.6 Å². The number of rotatable bonds is 5. The Morgan fingerprint density at radius 2 is 2.10 bits per heavy atom. The first-order valence-electron chi connectivity index (χ1n) is 7.18. The highest BCUT2D eigenvalue weighted by Gasteiger charge is 2.32. The van der Waals surface area contributed by atoms with Crippen LogP contribution in [0, 0.1) is 16.0 Å². The molecule has 1 unspecified atom stereocenters. The van der Waals surface area contributed by atoms with E-state index in [1.165, 1.54) is 38.1 Å². The molecule has 0 radical (unpaired) electrons. The third-order valence-corrected chi connectivity index (χ3v) is 3.93. The van der Waals surface area contributed by atoms with Crippen LogP contribution in [-0.4, -0.2) is 40.6 Å². The number of hydrogen-bond donors (Lipinski definition) is 1. The highest BCUT2D eigenvalue weighted by atomic mass is 16.6. The average molecular weight is 277 g/mol. The van der Waals surface area contributed by atoms with E-state index in [0.717, 1.165) is 19.6 Å². The number of nitrogens with zero attached hydrogens (tertiary/aromatic N) is 4. The first kappa shape index (κ1) is 13.2. The molecule has 0 amide bonds. The van der Waals surface area contributed by atoms with Gasteiger partial charge < -0.3 is 10.2 Å². The normalized spacial score (nSPS) is 22.5. The molecule has 20 heavy (non-hydrogen) atoms. The van der Waals surface area contributed by atoms with Crippen molar-refractivity contribution in [1.29, 1.82) is 0 Å². The number of aromatic nitrogens is 2. The Bertz CT molecular complexity index is 468. The van der Waals surface area contributed by atoms with Gasteiger partial charge in [-0.05, 0) is 44.7 Å². The predicted octanol–water partition coefficient (Wildman–Crippen LogP) is 1.35. The molecule has 1 aliphatic carbocycles.